The largest absolute Gasteiger partial charge is 0.394 e. The molecule has 0 radical (unpaired) electrons. The molecule has 0 aliphatic carbocycles. The number of benzene rings is 1. The van der Waals surface area contributed by atoms with Crippen molar-refractivity contribution < 1.29 is 19.4 Å². The number of nitrogens with zero attached hydrogens (tertiary/aromatic N) is 1. The van der Waals surface area contributed by atoms with E-state index in [1.165, 1.54) is 6.92 Å². The van der Waals surface area contributed by atoms with Gasteiger partial charge in [0, 0.05) is 32.1 Å². The Morgan fingerprint density at radius 2 is 2.10 bits per heavy atom. The lowest BCUT2D eigenvalue weighted by Gasteiger charge is -2.32. The minimum atomic E-state index is -0.304. The Morgan fingerprint density at radius 1 is 1.38 bits per heavy atom. The van der Waals surface area contributed by atoms with Crippen LogP contribution in [0, 0.1) is 0 Å². The number of carbonyl (C=O) groups excluding carboxylic acids is 2. The van der Waals surface area contributed by atoms with Gasteiger partial charge in [0.05, 0.1) is 19.3 Å². The summed E-state index contributed by atoms with van der Waals surface area (Å²) in [6.45, 7) is 3.21. The molecule has 2 N–H and O–H groups in total. The van der Waals surface area contributed by atoms with Crippen LogP contribution in [0.4, 0.5) is 0 Å². The van der Waals surface area contributed by atoms with Gasteiger partial charge in [-0.05, 0) is 17.7 Å². The third kappa shape index (κ3) is 4.27. The topological polar surface area (TPSA) is 78.9 Å². The number of morpholine rings is 1. The lowest BCUT2D eigenvalue weighted by Crippen LogP contribution is -2.46. The van der Waals surface area contributed by atoms with Gasteiger partial charge in [0.15, 0.2) is 0 Å². The first-order valence-corrected chi connectivity index (χ1v) is 6.95. The van der Waals surface area contributed by atoms with Crippen LogP contribution in [0.25, 0.3) is 0 Å². The monoisotopic (exact) mass is 292 g/mol. The van der Waals surface area contributed by atoms with Crippen molar-refractivity contribution in [1.82, 2.24) is 10.2 Å². The van der Waals surface area contributed by atoms with Crippen LogP contribution < -0.4 is 5.32 Å². The van der Waals surface area contributed by atoms with Gasteiger partial charge in [-0.2, -0.15) is 0 Å². The second kappa shape index (κ2) is 7.19. The maximum Gasteiger partial charge on any atom is 0.254 e. The summed E-state index contributed by atoms with van der Waals surface area (Å²) in [5.74, 6) is -0.152. The Bertz CT molecular complexity index is 501. The van der Waals surface area contributed by atoms with Crippen LogP contribution in [0.15, 0.2) is 24.3 Å². The predicted molar refractivity (Wildman–Crippen MR) is 76.7 cm³/mol. The quantitative estimate of drug-likeness (QED) is 0.828. The number of hydrogen-bond donors (Lipinski definition) is 2. The zero-order valence-electron chi connectivity index (χ0n) is 12.0. The van der Waals surface area contributed by atoms with Gasteiger partial charge in [-0.25, -0.2) is 0 Å². The molecule has 1 aromatic rings. The van der Waals surface area contributed by atoms with E-state index in [1.807, 2.05) is 12.1 Å². The summed E-state index contributed by atoms with van der Waals surface area (Å²) in [4.78, 5) is 24.9. The summed E-state index contributed by atoms with van der Waals surface area (Å²) in [7, 11) is 0. The molecule has 1 aliphatic rings. The van der Waals surface area contributed by atoms with Gasteiger partial charge >= 0.3 is 0 Å². The van der Waals surface area contributed by atoms with E-state index in [0.29, 0.717) is 31.8 Å². The summed E-state index contributed by atoms with van der Waals surface area (Å²) in [5, 5.41) is 11.8. The average molecular weight is 292 g/mol. The van der Waals surface area contributed by atoms with Gasteiger partial charge < -0.3 is 20.1 Å². The zero-order valence-corrected chi connectivity index (χ0v) is 12.0. The van der Waals surface area contributed by atoms with Gasteiger partial charge in [0.1, 0.15) is 0 Å². The molecule has 1 heterocycles. The fourth-order valence-electron chi connectivity index (χ4n) is 2.19. The van der Waals surface area contributed by atoms with Crippen LogP contribution in [0.2, 0.25) is 0 Å². The average Bonchev–Trinajstić information content (AvgIpc) is 2.52. The molecular formula is C15H20N2O4. The Balaban J connectivity index is 1.97. The van der Waals surface area contributed by atoms with Gasteiger partial charge in [0.2, 0.25) is 5.91 Å². The van der Waals surface area contributed by atoms with Crippen molar-refractivity contribution in [2.24, 2.45) is 0 Å². The van der Waals surface area contributed by atoms with Crippen LogP contribution in [0.1, 0.15) is 22.8 Å². The van der Waals surface area contributed by atoms with E-state index in [-0.39, 0.29) is 24.5 Å². The van der Waals surface area contributed by atoms with Crippen molar-refractivity contribution in [1.29, 1.82) is 0 Å². The first-order valence-electron chi connectivity index (χ1n) is 6.95. The molecule has 1 unspecified atom stereocenters. The minimum absolute atomic E-state index is 0.0668. The molecule has 2 rings (SSSR count). The van der Waals surface area contributed by atoms with E-state index in [0.717, 1.165) is 5.56 Å². The van der Waals surface area contributed by atoms with E-state index in [9.17, 15) is 9.59 Å². The first kappa shape index (κ1) is 15.5. The van der Waals surface area contributed by atoms with Crippen LogP contribution in [-0.4, -0.2) is 54.2 Å². The number of ether oxygens (including phenoxy) is 1. The molecular weight excluding hydrogens is 272 g/mol. The molecule has 1 aliphatic heterocycles. The summed E-state index contributed by atoms with van der Waals surface area (Å²) >= 11 is 0. The molecule has 1 aromatic carbocycles. The van der Waals surface area contributed by atoms with Crippen LogP contribution in [-0.2, 0) is 16.1 Å². The predicted octanol–water partition coefficient (Wildman–Crippen LogP) is 0.156. The molecule has 6 heteroatoms. The summed E-state index contributed by atoms with van der Waals surface area (Å²) in [5.41, 5.74) is 1.54. The van der Waals surface area contributed by atoms with E-state index in [4.69, 9.17) is 9.84 Å². The number of hydrogen-bond acceptors (Lipinski definition) is 4. The fraction of sp³-hybridized carbons (Fsp3) is 0.467. The highest BCUT2D eigenvalue weighted by molar-refractivity contribution is 5.94. The molecule has 6 nitrogen and oxygen atoms in total. The number of rotatable bonds is 4. The van der Waals surface area contributed by atoms with Gasteiger partial charge in [-0.1, -0.05) is 12.1 Å². The van der Waals surface area contributed by atoms with Crippen molar-refractivity contribution in [3.05, 3.63) is 35.4 Å². The van der Waals surface area contributed by atoms with E-state index >= 15 is 0 Å². The van der Waals surface area contributed by atoms with Crippen molar-refractivity contribution in [3.8, 4) is 0 Å². The second-order valence-corrected chi connectivity index (χ2v) is 5.03. The van der Waals surface area contributed by atoms with Crippen molar-refractivity contribution in [3.63, 3.8) is 0 Å². The van der Waals surface area contributed by atoms with Crippen LogP contribution in [0.3, 0.4) is 0 Å². The lowest BCUT2D eigenvalue weighted by molar-refractivity contribution is -0.119. The number of amides is 2. The standard InChI is InChI=1S/C15H20N2O4/c1-11(19)16-8-12-2-4-13(5-3-12)15(20)17-6-7-21-14(9-17)10-18/h2-5,14,18H,6-10H2,1H3,(H,16,19). The van der Waals surface area contributed by atoms with Crippen molar-refractivity contribution in [2.45, 2.75) is 19.6 Å². The highest BCUT2D eigenvalue weighted by atomic mass is 16.5. The number of nitrogens with one attached hydrogen (secondary N) is 1. The minimum Gasteiger partial charge on any atom is -0.394 e. The third-order valence-electron chi connectivity index (χ3n) is 3.37. The number of carbonyl (C=O) groups is 2. The molecule has 1 fully saturated rings. The molecule has 0 bridgehead atoms. The number of aliphatic hydroxyl groups excluding tert-OH is 1. The maximum absolute atomic E-state index is 12.4. The molecule has 2 amide bonds. The Kier molecular flexibility index (Phi) is 5.30. The fourth-order valence-corrected chi connectivity index (χ4v) is 2.19. The molecule has 0 spiro atoms. The molecule has 114 valence electrons. The summed E-state index contributed by atoms with van der Waals surface area (Å²) in [6, 6.07) is 7.16. The molecule has 0 saturated carbocycles. The Hall–Kier alpha value is -1.92. The summed E-state index contributed by atoms with van der Waals surface area (Å²) < 4.78 is 5.33. The normalized spacial score (nSPS) is 18.4. The Morgan fingerprint density at radius 3 is 2.71 bits per heavy atom. The first-order chi connectivity index (χ1) is 10.1. The van der Waals surface area contributed by atoms with Gasteiger partial charge in [-0.15, -0.1) is 0 Å². The van der Waals surface area contributed by atoms with Crippen molar-refractivity contribution in [2.75, 3.05) is 26.3 Å². The third-order valence-corrected chi connectivity index (χ3v) is 3.37. The van der Waals surface area contributed by atoms with Crippen LogP contribution >= 0.6 is 0 Å². The SMILES string of the molecule is CC(=O)NCc1ccc(C(=O)N2CCOC(CO)C2)cc1. The van der Waals surface area contributed by atoms with E-state index in [1.54, 1.807) is 17.0 Å². The molecule has 21 heavy (non-hydrogen) atoms. The number of aliphatic hydroxyl groups is 1. The van der Waals surface area contributed by atoms with E-state index in [2.05, 4.69) is 5.32 Å². The van der Waals surface area contributed by atoms with Gasteiger partial charge in [-0.3, -0.25) is 9.59 Å². The van der Waals surface area contributed by atoms with E-state index < -0.39 is 0 Å². The molecule has 1 atom stereocenters. The maximum atomic E-state index is 12.4. The highest BCUT2D eigenvalue weighted by Crippen LogP contribution is 2.12. The highest BCUT2D eigenvalue weighted by Gasteiger charge is 2.24. The summed E-state index contributed by atoms with van der Waals surface area (Å²) in [6.07, 6.45) is -0.304. The Labute approximate surface area is 123 Å². The second-order valence-electron chi connectivity index (χ2n) is 5.03. The molecule has 0 aromatic heterocycles. The van der Waals surface area contributed by atoms with Gasteiger partial charge in [0.25, 0.3) is 5.91 Å². The zero-order chi connectivity index (χ0) is 15.2. The lowest BCUT2D eigenvalue weighted by atomic mass is 10.1. The van der Waals surface area contributed by atoms with Crippen LogP contribution in [0.5, 0.6) is 0 Å². The van der Waals surface area contributed by atoms with Crippen molar-refractivity contribution >= 4 is 11.8 Å². The smallest absolute Gasteiger partial charge is 0.254 e. The molecule has 1 saturated heterocycles.